The molecule has 0 amide bonds. The highest BCUT2D eigenvalue weighted by Crippen LogP contribution is 2.46. The molecule has 2 heteroatoms. The number of nitrogens with zero attached hydrogens (tertiary/aromatic N) is 2. The number of para-hydroxylation sites is 1. The van der Waals surface area contributed by atoms with Gasteiger partial charge in [0.15, 0.2) is 0 Å². The molecule has 0 fully saturated rings. The fourth-order valence-electron chi connectivity index (χ4n) is 10.5. The minimum absolute atomic E-state index is 1.12. The van der Waals surface area contributed by atoms with Crippen LogP contribution in [0.3, 0.4) is 0 Å². The van der Waals surface area contributed by atoms with Gasteiger partial charge < -0.3 is 9.13 Å². The van der Waals surface area contributed by atoms with Gasteiger partial charge in [-0.3, -0.25) is 0 Å². The molecular formula is C66H44N2. The molecule has 0 saturated carbocycles. The summed E-state index contributed by atoms with van der Waals surface area (Å²) in [5.74, 6) is 0. The highest BCUT2D eigenvalue weighted by molar-refractivity contribution is 6.21. The fraction of sp³-hybridized carbons (Fsp3) is 0. The van der Waals surface area contributed by atoms with Gasteiger partial charge in [-0.25, -0.2) is 0 Å². The second-order valence-electron chi connectivity index (χ2n) is 17.7. The highest BCUT2D eigenvalue weighted by atomic mass is 15.0. The van der Waals surface area contributed by atoms with Gasteiger partial charge in [0.2, 0.25) is 0 Å². The Bertz CT molecular complexity index is 3950. The molecule has 0 aliphatic carbocycles. The van der Waals surface area contributed by atoms with Crippen LogP contribution in [0.5, 0.6) is 0 Å². The summed E-state index contributed by atoms with van der Waals surface area (Å²) >= 11 is 0. The van der Waals surface area contributed by atoms with Crippen molar-refractivity contribution in [2.24, 2.45) is 0 Å². The van der Waals surface area contributed by atoms with Crippen LogP contribution in [0, 0.1) is 0 Å². The molecule has 0 aliphatic heterocycles. The van der Waals surface area contributed by atoms with Crippen LogP contribution < -0.4 is 0 Å². The van der Waals surface area contributed by atoms with Gasteiger partial charge in [-0.2, -0.15) is 0 Å². The Hall–Kier alpha value is -8.98. The Kier molecular flexibility index (Phi) is 9.54. The molecule has 0 N–H and O–H groups in total. The van der Waals surface area contributed by atoms with Crippen LogP contribution in [0.25, 0.3) is 122 Å². The summed E-state index contributed by atoms with van der Waals surface area (Å²) in [5, 5.41) is 4.89. The van der Waals surface area contributed by atoms with Crippen LogP contribution >= 0.6 is 0 Å². The molecule has 0 atom stereocenters. The minimum Gasteiger partial charge on any atom is -0.309 e. The van der Waals surface area contributed by atoms with Gasteiger partial charge in [0, 0.05) is 44.0 Å². The van der Waals surface area contributed by atoms with E-state index in [1.165, 1.54) is 110 Å². The van der Waals surface area contributed by atoms with E-state index in [9.17, 15) is 0 Å². The van der Waals surface area contributed by atoms with E-state index in [0.29, 0.717) is 0 Å². The van der Waals surface area contributed by atoms with E-state index >= 15 is 0 Å². The SMILES string of the molecule is c1ccc(-c2ccc(-n3c4ccc(-c5ccc6c(c5)c5cc(-c7ccccc7)cc(-c7ccccc7)c5n6-c5ccccc5)cc4c4c(-c5ccccc5)ccc(-c5ccccc5)c43)cc2)cc1. The first-order valence-electron chi connectivity index (χ1n) is 23.4. The molecule has 68 heavy (non-hydrogen) atoms. The van der Waals surface area contributed by atoms with Gasteiger partial charge >= 0.3 is 0 Å². The molecule has 2 heterocycles. The number of fused-ring (bicyclic) bond motifs is 6. The standard InChI is InChI=1S/C66H44N2/c1-7-19-45(20-8-1)47-31-35-55(36-32-47)68-63-40-34-52(42-61(63)64-56(48-23-11-3-12-24-48)37-38-57(66(64)68)49-25-13-4-14-26-49)51-33-39-62-59(41-51)60-44-53(46-21-9-2-10-22-46)43-58(50-27-15-5-16-28-50)65(60)67(62)54-29-17-6-18-30-54/h1-44H. The van der Waals surface area contributed by atoms with Gasteiger partial charge in [-0.15, -0.1) is 0 Å². The maximum absolute atomic E-state index is 2.49. The predicted octanol–water partition coefficient (Wildman–Crippen LogP) is 17.9. The second kappa shape index (κ2) is 16.5. The van der Waals surface area contributed by atoms with Crippen molar-refractivity contribution < 1.29 is 0 Å². The van der Waals surface area contributed by atoms with E-state index < -0.39 is 0 Å². The van der Waals surface area contributed by atoms with Crippen molar-refractivity contribution in [3.63, 3.8) is 0 Å². The van der Waals surface area contributed by atoms with E-state index in [4.69, 9.17) is 0 Å². The zero-order chi connectivity index (χ0) is 45.0. The van der Waals surface area contributed by atoms with Gasteiger partial charge in [0.25, 0.3) is 0 Å². The lowest BCUT2D eigenvalue weighted by Crippen LogP contribution is -1.96. The summed E-state index contributed by atoms with van der Waals surface area (Å²) in [5.41, 5.74) is 21.3. The van der Waals surface area contributed by atoms with Crippen molar-refractivity contribution in [2.45, 2.75) is 0 Å². The zero-order valence-corrected chi connectivity index (χ0v) is 37.3. The number of rotatable bonds is 8. The molecule has 0 aliphatic rings. The van der Waals surface area contributed by atoms with Gasteiger partial charge in [0.05, 0.1) is 22.1 Å². The molecule has 2 nitrogen and oxygen atoms in total. The molecular weight excluding hydrogens is 821 g/mol. The molecule has 0 bridgehead atoms. The third-order valence-corrected chi connectivity index (χ3v) is 13.7. The largest absolute Gasteiger partial charge is 0.309 e. The Morgan fingerprint density at radius 1 is 0.206 bits per heavy atom. The Balaban J connectivity index is 1.09. The van der Waals surface area contributed by atoms with Crippen LogP contribution in [-0.2, 0) is 0 Å². The third-order valence-electron chi connectivity index (χ3n) is 13.7. The summed E-state index contributed by atoms with van der Waals surface area (Å²) in [6.07, 6.45) is 0. The summed E-state index contributed by atoms with van der Waals surface area (Å²) < 4.78 is 4.95. The van der Waals surface area contributed by atoms with E-state index in [1.807, 2.05) is 0 Å². The first kappa shape index (κ1) is 39.4. The number of benzene rings is 11. The molecule has 0 saturated heterocycles. The van der Waals surface area contributed by atoms with Crippen LogP contribution in [0.2, 0.25) is 0 Å². The lowest BCUT2D eigenvalue weighted by Gasteiger charge is -2.14. The average molecular weight is 865 g/mol. The lowest BCUT2D eigenvalue weighted by molar-refractivity contribution is 1.18. The predicted molar refractivity (Wildman–Crippen MR) is 288 cm³/mol. The number of aromatic nitrogens is 2. The molecule has 0 radical (unpaired) electrons. The van der Waals surface area contributed by atoms with E-state index in [-0.39, 0.29) is 0 Å². The van der Waals surface area contributed by atoms with Crippen molar-refractivity contribution in [3.05, 3.63) is 267 Å². The van der Waals surface area contributed by atoms with Crippen LogP contribution in [-0.4, -0.2) is 9.13 Å². The van der Waals surface area contributed by atoms with Crippen LogP contribution in [0.4, 0.5) is 0 Å². The number of hydrogen-bond donors (Lipinski definition) is 0. The van der Waals surface area contributed by atoms with E-state index in [2.05, 4.69) is 276 Å². The molecule has 13 aromatic rings. The highest BCUT2D eigenvalue weighted by Gasteiger charge is 2.23. The fourth-order valence-corrected chi connectivity index (χ4v) is 10.5. The monoisotopic (exact) mass is 864 g/mol. The molecule has 0 unspecified atom stereocenters. The van der Waals surface area contributed by atoms with Gasteiger partial charge in [-0.05, 0) is 116 Å². The van der Waals surface area contributed by atoms with Crippen molar-refractivity contribution in [2.75, 3.05) is 0 Å². The lowest BCUT2D eigenvalue weighted by atomic mass is 9.93. The van der Waals surface area contributed by atoms with E-state index in [0.717, 1.165) is 11.4 Å². The molecule has 318 valence electrons. The third kappa shape index (κ3) is 6.65. The smallest absolute Gasteiger partial charge is 0.0625 e. The normalized spacial score (nSPS) is 11.5. The van der Waals surface area contributed by atoms with Crippen molar-refractivity contribution in [1.29, 1.82) is 0 Å². The minimum atomic E-state index is 1.12. The topological polar surface area (TPSA) is 9.86 Å². The maximum Gasteiger partial charge on any atom is 0.0625 e. The number of hydrogen-bond acceptors (Lipinski definition) is 0. The summed E-state index contributed by atoms with van der Waals surface area (Å²) in [6.45, 7) is 0. The zero-order valence-electron chi connectivity index (χ0n) is 37.3. The first-order valence-corrected chi connectivity index (χ1v) is 23.4. The summed E-state index contributed by atoms with van der Waals surface area (Å²) in [7, 11) is 0. The van der Waals surface area contributed by atoms with Crippen molar-refractivity contribution in [1.82, 2.24) is 9.13 Å². The molecule has 0 spiro atoms. The Labute approximate surface area is 395 Å². The summed E-state index contributed by atoms with van der Waals surface area (Å²) in [6, 6.07) is 97.5. The Morgan fingerprint density at radius 3 is 1.16 bits per heavy atom. The quantitative estimate of drug-likeness (QED) is 0.144. The first-order chi connectivity index (χ1) is 33.7. The second-order valence-corrected chi connectivity index (χ2v) is 17.7. The van der Waals surface area contributed by atoms with Crippen LogP contribution in [0.15, 0.2) is 267 Å². The van der Waals surface area contributed by atoms with Crippen LogP contribution in [0.1, 0.15) is 0 Å². The van der Waals surface area contributed by atoms with E-state index in [1.54, 1.807) is 0 Å². The molecule has 2 aromatic heterocycles. The van der Waals surface area contributed by atoms with Gasteiger partial charge in [-0.1, -0.05) is 206 Å². The van der Waals surface area contributed by atoms with Crippen molar-refractivity contribution in [3.8, 4) is 78.1 Å². The van der Waals surface area contributed by atoms with Gasteiger partial charge in [0.1, 0.15) is 0 Å². The molecule has 13 rings (SSSR count). The average Bonchev–Trinajstić information content (AvgIpc) is 3.94. The maximum atomic E-state index is 2.49. The molecule has 11 aromatic carbocycles. The summed E-state index contributed by atoms with van der Waals surface area (Å²) in [4.78, 5) is 0. The Morgan fingerprint density at radius 2 is 0.588 bits per heavy atom. The van der Waals surface area contributed by atoms with Crippen molar-refractivity contribution >= 4 is 43.6 Å².